The van der Waals surface area contributed by atoms with E-state index in [2.05, 4.69) is 20.7 Å². The Morgan fingerprint density at radius 3 is 2.38 bits per heavy atom. The lowest BCUT2D eigenvalue weighted by atomic mass is 10.1. The molecule has 2 aliphatic rings. The molecule has 1 radical (unpaired) electrons. The van der Waals surface area contributed by atoms with Crippen molar-refractivity contribution in [2.45, 2.75) is 38.5 Å². The predicted molar refractivity (Wildman–Crippen MR) is 86.4 cm³/mol. The molecule has 0 unspecified atom stereocenters. The van der Waals surface area contributed by atoms with Crippen molar-refractivity contribution in [3.8, 4) is 0 Å². The van der Waals surface area contributed by atoms with Gasteiger partial charge in [-0.3, -0.25) is 4.90 Å². The lowest BCUT2D eigenvalue weighted by Gasteiger charge is -2.26. The monoisotopic (exact) mass is 297 g/mol. The van der Waals surface area contributed by atoms with Gasteiger partial charge in [-0.15, -0.1) is 0 Å². The van der Waals surface area contributed by atoms with Gasteiger partial charge in [-0.2, -0.15) is 5.43 Å². The minimum Gasteiger partial charge on any atom is -0.379 e. The fraction of sp³-hybridized carbons (Fsp3) is 1.00. The van der Waals surface area contributed by atoms with Crippen LogP contribution >= 0.6 is 0 Å². The van der Waals surface area contributed by atoms with Crippen molar-refractivity contribution in [1.82, 2.24) is 20.7 Å². The summed E-state index contributed by atoms with van der Waals surface area (Å²) < 4.78 is 5.33. The number of hydrogen-bond acceptors (Lipinski definition) is 4. The first-order chi connectivity index (χ1) is 10.4. The number of nitrogens with one attached hydrogen (secondary N) is 1. The summed E-state index contributed by atoms with van der Waals surface area (Å²) in [5.41, 5.74) is 7.63. The van der Waals surface area contributed by atoms with E-state index in [4.69, 9.17) is 4.74 Å². The summed E-state index contributed by atoms with van der Waals surface area (Å²) in [5, 5.41) is 0. The third-order valence-electron chi connectivity index (χ3n) is 4.46. The highest BCUT2D eigenvalue weighted by molar-refractivity contribution is 4.64. The second-order valence-corrected chi connectivity index (χ2v) is 6.21. The molecule has 0 aliphatic carbocycles. The second-order valence-electron chi connectivity index (χ2n) is 6.21. The van der Waals surface area contributed by atoms with Crippen molar-refractivity contribution in [3.05, 3.63) is 0 Å². The summed E-state index contributed by atoms with van der Waals surface area (Å²) in [5.74, 6) is 0. The zero-order valence-corrected chi connectivity index (χ0v) is 13.6. The number of nitrogens with zero attached hydrogens (tertiary/aromatic N) is 3. The summed E-state index contributed by atoms with van der Waals surface area (Å²) >= 11 is 0. The van der Waals surface area contributed by atoms with Crippen LogP contribution in [-0.4, -0.2) is 75.4 Å². The molecule has 0 saturated carbocycles. The molecule has 123 valence electrons. The number of ether oxygens (including phenoxy) is 1. The van der Waals surface area contributed by atoms with Crippen molar-refractivity contribution < 1.29 is 4.74 Å². The summed E-state index contributed by atoms with van der Waals surface area (Å²) in [6.07, 6.45) is 8.16. The fourth-order valence-corrected chi connectivity index (χ4v) is 3.07. The van der Waals surface area contributed by atoms with Crippen LogP contribution < -0.4 is 10.9 Å². The van der Waals surface area contributed by atoms with Crippen LogP contribution in [0.2, 0.25) is 0 Å². The highest BCUT2D eigenvalue weighted by Gasteiger charge is 2.09. The smallest absolute Gasteiger partial charge is 0.0594 e. The van der Waals surface area contributed by atoms with Crippen LogP contribution in [0.4, 0.5) is 0 Å². The highest BCUT2D eigenvalue weighted by atomic mass is 16.5. The molecule has 5 heteroatoms. The SMILES string of the molecule is C(CCN[N]CCN1CCOCC1)CCN1CCCCC1. The molecule has 0 bridgehead atoms. The van der Waals surface area contributed by atoms with E-state index in [1.807, 2.05) is 0 Å². The fourth-order valence-electron chi connectivity index (χ4n) is 3.07. The lowest BCUT2D eigenvalue weighted by Crippen LogP contribution is -2.41. The van der Waals surface area contributed by atoms with E-state index < -0.39 is 0 Å². The summed E-state index contributed by atoms with van der Waals surface area (Å²) in [6.45, 7) is 10.8. The van der Waals surface area contributed by atoms with Gasteiger partial charge in [-0.1, -0.05) is 12.8 Å². The minimum absolute atomic E-state index is 0.879. The Kier molecular flexibility index (Phi) is 9.30. The van der Waals surface area contributed by atoms with E-state index in [1.54, 1.807) is 0 Å². The van der Waals surface area contributed by atoms with Gasteiger partial charge in [0.05, 0.1) is 13.2 Å². The number of morpholine rings is 1. The van der Waals surface area contributed by atoms with Crippen LogP contribution in [0.25, 0.3) is 0 Å². The van der Waals surface area contributed by atoms with Gasteiger partial charge in [0.25, 0.3) is 0 Å². The molecule has 2 rings (SSSR count). The molecule has 2 heterocycles. The number of likely N-dealkylation sites (tertiary alicyclic amines) is 1. The van der Waals surface area contributed by atoms with Gasteiger partial charge >= 0.3 is 0 Å². The largest absolute Gasteiger partial charge is 0.379 e. The van der Waals surface area contributed by atoms with E-state index in [9.17, 15) is 0 Å². The van der Waals surface area contributed by atoms with E-state index in [0.717, 1.165) is 45.9 Å². The molecule has 5 nitrogen and oxygen atoms in total. The highest BCUT2D eigenvalue weighted by Crippen LogP contribution is 2.09. The van der Waals surface area contributed by atoms with E-state index in [0.29, 0.717) is 0 Å². The van der Waals surface area contributed by atoms with Crippen LogP contribution in [-0.2, 0) is 4.74 Å². The quantitative estimate of drug-likeness (QED) is 0.484. The first-order valence-electron chi connectivity index (χ1n) is 8.87. The van der Waals surface area contributed by atoms with E-state index in [1.165, 1.54) is 58.2 Å². The molecule has 0 aromatic rings. The number of unbranched alkanes of at least 4 members (excludes halogenated alkanes) is 2. The molecule has 1 N–H and O–H groups in total. The molecule has 0 aromatic heterocycles. The van der Waals surface area contributed by atoms with Crippen molar-refractivity contribution in [3.63, 3.8) is 0 Å². The van der Waals surface area contributed by atoms with Gasteiger partial charge in [-0.05, 0) is 45.3 Å². The zero-order valence-electron chi connectivity index (χ0n) is 13.6. The maximum Gasteiger partial charge on any atom is 0.0594 e. The molecule has 2 fully saturated rings. The van der Waals surface area contributed by atoms with Gasteiger partial charge in [-0.25, -0.2) is 5.43 Å². The van der Waals surface area contributed by atoms with Gasteiger partial charge in [0, 0.05) is 32.7 Å². The maximum absolute atomic E-state index is 5.33. The Labute approximate surface area is 130 Å². The molecule has 0 atom stereocenters. The Morgan fingerprint density at radius 1 is 0.810 bits per heavy atom. The Morgan fingerprint density at radius 2 is 1.57 bits per heavy atom. The molecule has 21 heavy (non-hydrogen) atoms. The average Bonchev–Trinajstić information content (AvgIpc) is 2.55. The van der Waals surface area contributed by atoms with Crippen LogP contribution in [0.3, 0.4) is 0 Å². The maximum atomic E-state index is 5.33. The van der Waals surface area contributed by atoms with Gasteiger partial charge in [0.15, 0.2) is 0 Å². The number of hydrogen-bond donors (Lipinski definition) is 1. The topological polar surface area (TPSA) is 41.8 Å². The first kappa shape index (κ1) is 17.2. The normalized spacial score (nSPS) is 21.7. The zero-order chi connectivity index (χ0) is 14.6. The third kappa shape index (κ3) is 8.12. The van der Waals surface area contributed by atoms with Crippen molar-refractivity contribution in [2.75, 3.05) is 65.6 Å². The van der Waals surface area contributed by atoms with Crippen LogP contribution in [0.5, 0.6) is 0 Å². The van der Waals surface area contributed by atoms with Crippen molar-refractivity contribution in [1.29, 1.82) is 0 Å². The Hall–Kier alpha value is -0.200. The minimum atomic E-state index is 0.879. The number of piperidine rings is 1. The van der Waals surface area contributed by atoms with Gasteiger partial charge in [0.2, 0.25) is 0 Å². The summed E-state index contributed by atoms with van der Waals surface area (Å²) in [4.78, 5) is 5.05. The third-order valence-corrected chi connectivity index (χ3v) is 4.46. The molecular formula is C16H33N4O. The molecule has 2 saturated heterocycles. The number of rotatable bonds is 10. The average molecular weight is 297 g/mol. The lowest BCUT2D eigenvalue weighted by molar-refractivity contribution is 0.0379. The standard InChI is InChI=1S/C16H33N4O/c1(4-9-19-10-5-2-6-11-19)3-7-17-18-8-12-20-13-15-21-16-14-20/h17H,1-16H2. The van der Waals surface area contributed by atoms with Crippen LogP contribution in [0.15, 0.2) is 0 Å². The van der Waals surface area contributed by atoms with E-state index in [-0.39, 0.29) is 0 Å². The van der Waals surface area contributed by atoms with Gasteiger partial charge in [0.1, 0.15) is 0 Å². The molecule has 0 spiro atoms. The van der Waals surface area contributed by atoms with Crippen LogP contribution in [0.1, 0.15) is 38.5 Å². The molecule has 2 aliphatic heterocycles. The molecular weight excluding hydrogens is 264 g/mol. The first-order valence-corrected chi connectivity index (χ1v) is 8.87. The van der Waals surface area contributed by atoms with Gasteiger partial charge < -0.3 is 9.64 Å². The van der Waals surface area contributed by atoms with Crippen molar-refractivity contribution in [2.24, 2.45) is 0 Å². The molecule has 0 aromatic carbocycles. The van der Waals surface area contributed by atoms with Crippen molar-refractivity contribution >= 4 is 0 Å². The Bertz CT molecular complexity index is 216. The second kappa shape index (κ2) is 11.4. The Balaban J connectivity index is 1.30. The summed E-state index contributed by atoms with van der Waals surface area (Å²) in [6, 6.07) is 0. The summed E-state index contributed by atoms with van der Waals surface area (Å²) in [7, 11) is 0. The molecule has 0 amide bonds. The van der Waals surface area contributed by atoms with E-state index >= 15 is 0 Å². The van der Waals surface area contributed by atoms with Crippen LogP contribution in [0, 0.1) is 0 Å². The predicted octanol–water partition coefficient (Wildman–Crippen LogP) is 1.08.